The molecule has 10 nitrogen and oxygen atoms in total. The van der Waals surface area contributed by atoms with Crippen LogP contribution in [0.15, 0.2) is 53.4 Å². The van der Waals surface area contributed by atoms with Crippen LogP contribution in [0, 0.1) is 0 Å². The molecule has 2 aromatic rings. The molecule has 1 unspecified atom stereocenters. The van der Waals surface area contributed by atoms with E-state index >= 15 is 0 Å². The summed E-state index contributed by atoms with van der Waals surface area (Å²) in [5.41, 5.74) is 1.23. The molecule has 1 saturated heterocycles. The van der Waals surface area contributed by atoms with Crippen molar-refractivity contribution < 1.29 is 14.6 Å². The minimum Gasteiger partial charge on any atom is -0.495 e. The average molecular weight is 486 g/mol. The molecule has 1 aromatic carbocycles. The monoisotopic (exact) mass is 485 g/mol. The van der Waals surface area contributed by atoms with Crippen LogP contribution in [0.25, 0.3) is 0 Å². The Hall–Kier alpha value is -3.21. The minimum atomic E-state index is -0.426. The molecule has 2 aliphatic rings. The van der Waals surface area contributed by atoms with Gasteiger partial charge in [0.25, 0.3) is 5.91 Å². The third-order valence-corrected chi connectivity index (χ3v) is 5.92. The summed E-state index contributed by atoms with van der Waals surface area (Å²) in [7, 11) is 1.56. The normalized spacial score (nSPS) is 19.6. The fourth-order valence-electron chi connectivity index (χ4n) is 3.88. The van der Waals surface area contributed by atoms with Gasteiger partial charge in [0.1, 0.15) is 23.6 Å². The second kappa shape index (κ2) is 11.3. The summed E-state index contributed by atoms with van der Waals surface area (Å²) in [6, 6.07) is 7.15. The van der Waals surface area contributed by atoms with E-state index in [2.05, 4.69) is 30.6 Å². The molecule has 3 N–H and O–H groups in total. The molecule has 2 aliphatic heterocycles. The fourth-order valence-corrected chi connectivity index (χ4v) is 4.16. The van der Waals surface area contributed by atoms with Crippen molar-refractivity contribution >= 4 is 23.3 Å². The van der Waals surface area contributed by atoms with Crippen molar-refractivity contribution in [1.82, 2.24) is 30.6 Å². The van der Waals surface area contributed by atoms with E-state index in [-0.39, 0.29) is 19.1 Å². The average Bonchev–Trinajstić information content (AvgIpc) is 3.41. The molecule has 1 amide bonds. The van der Waals surface area contributed by atoms with E-state index < -0.39 is 6.17 Å². The second-order valence-corrected chi connectivity index (χ2v) is 8.31. The van der Waals surface area contributed by atoms with Crippen molar-refractivity contribution in [3.63, 3.8) is 0 Å². The molecule has 3 heterocycles. The van der Waals surface area contributed by atoms with Gasteiger partial charge >= 0.3 is 0 Å². The molecule has 0 aliphatic carbocycles. The third-order valence-electron chi connectivity index (χ3n) is 5.63. The number of halogens is 1. The first-order chi connectivity index (χ1) is 16.6. The molecule has 11 heteroatoms. The maximum atomic E-state index is 13.2. The summed E-state index contributed by atoms with van der Waals surface area (Å²) >= 11 is 6.25. The smallest absolute Gasteiger partial charge is 0.256 e. The number of amidine groups is 1. The SMILES string of the molecule is COc1ccc(CN=C2NC(CO)N(N3CCCC3)C=C2C(=O)NCc2ncccn2)cc1Cl. The van der Waals surface area contributed by atoms with Crippen LogP contribution >= 0.6 is 11.6 Å². The van der Waals surface area contributed by atoms with Crippen molar-refractivity contribution in [1.29, 1.82) is 0 Å². The standard InChI is InChI=1S/C23H28ClN7O3/c1-34-19-6-5-16(11-18(19)24)12-27-22-17(23(33)28-13-20-25-7-4-8-26-20)14-31(21(15-32)29-22)30-9-2-3-10-30/h4-8,11,14,21,32H,2-3,9-10,12-13,15H2,1H3,(H,27,29)(H,28,33). The number of aliphatic imine (C=N–C) groups is 1. The van der Waals surface area contributed by atoms with Gasteiger partial charge in [-0.15, -0.1) is 0 Å². The van der Waals surface area contributed by atoms with E-state index in [0.29, 0.717) is 34.6 Å². The fraction of sp³-hybridized carbons (Fsp3) is 0.391. The van der Waals surface area contributed by atoms with Gasteiger partial charge in [-0.3, -0.25) is 14.8 Å². The molecule has 1 aromatic heterocycles. The van der Waals surface area contributed by atoms with Crippen LogP contribution in [-0.2, 0) is 17.9 Å². The number of hydrazine groups is 1. The van der Waals surface area contributed by atoms with Crippen LogP contribution in [-0.4, -0.2) is 69.8 Å². The number of amides is 1. The number of nitrogens with one attached hydrogen (secondary N) is 2. The highest BCUT2D eigenvalue weighted by atomic mass is 35.5. The predicted molar refractivity (Wildman–Crippen MR) is 128 cm³/mol. The van der Waals surface area contributed by atoms with Gasteiger partial charge < -0.3 is 20.5 Å². The second-order valence-electron chi connectivity index (χ2n) is 7.91. The zero-order valence-electron chi connectivity index (χ0n) is 18.9. The first-order valence-corrected chi connectivity index (χ1v) is 11.5. The zero-order valence-corrected chi connectivity index (χ0v) is 19.7. The van der Waals surface area contributed by atoms with Crippen LogP contribution in [0.2, 0.25) is 5.02 Å². The van der Waals surface area contributed by atoms with E-state index in [1.54, 1.807) is 43.9 Å². The first kappa shape index (κ1) is 23.9. The summed E-state index contributed by atoms with van der Waals surface area (Å²) in [5.74, 6) is 1.18. The lowest BCUT2D eigenvalue weighted by molar-refractivity contribution is -0.117. The van der Waals surface area contributed by atoms with Gasteiger partial charge in [0.2, 0.25) is 0 Å². The lowest BCUT2D eigenvalue weighted by Gasteiger charge is -2.41. The largest absolute Gasteiger partial charge is 0.495 e. The van der Waals surface area contributed by atoms with E-state index in [1.165, 1.54) is 0 Å². The Labute approximate surface area is 203 Å². The van der Waals surface area contributed by atoms with E-state index in [9.17, 15) is 9.90 Å². The summed E-state index contributed by atoms with van der Waals surface area (Å²) in [5, 5.41) is 20.6. The van der Waals surface area contributed by atoms with Crippen LogP contribution in [0.1, 0.15) is 24.2 Å². The van der Waals surface area contributed by atoms with Crippen molar-refractivity contribution in [3.05, 3.63) is 64.8 Å². The highest BCUT2D eigenvalue weighted by Gasteiger charge is 2.32. The van der Waals surface area contributed by atoms with Crippen molar-refractivity contribution in [2.75, 3.05) is 26.8 Å². The number of nitrogens with zero attached hydrogens (tertiary/aromatic N) is 5. The number of aliphatic hydroxyl groups excluding tert-OH is 1. The molecule has 4 rings (SSSR count). The van der Waals surface area contributed by atoms with Gasteiger partial charge in [0, 0.05) is 31.7 Å². The highest BCUT2D eigenvalue weighted by Crippen LogP contribution is 2.25. The van der Waals surface area contributed by atoms with Gasteiger partial charge in [-0.1, -0.05) is 17.7 Å². The number of methoxy groups -OCH3 is 1. The van der Waals surface area contributed by atoms with E-state index in [1.807, 2.05) is 11.1 Å². The number of hydrogen-bond donors (Lipinski definition) is 3. The van der Waals surface area contributed by atoms with Crippen LogP contribution in [0.3, 0.4) is 0 Å². The summed E-state index contributed by atoms with van der Waals surface area (Å²) in [4.78, 5) is 26.1. The maximum absolute atomic E-state index is 13.2. The number of carbonyl (C=O) groups excluding carboxylic acids is 1. The first-order valence-electron chi connectivity index (χ1n) is 11.1. The molecular formula is C23H28ClN7O3. The Balaban J connectivity index is 1.59. The van der Waals surface area contributed by atoms with Crippen molar-refractivity contribution in [2.24, 2.45) is 4.99 Å². The van der Waals surface area contributed by atoms with Gasteiger partial charge in [-0.2, -0.15) is 0 Å². The minimum absolute atomic E-state index is 0.146. The topological polar surface area (TPSA) is 115 Å². The van der Waals surface area contributed by atoms with Gasteiger partial charge in [0.15, 0.2) is 0 Å². The highest BCUT2D eigenvalue weighted by molar-refractivity contribution is 6.32. The number of aromatic nitrogens is 2. The molecule has 180 valence electrons. The number of aliphatic hydroxyl groups is 1. The number of benzene rings is 1. The van der Waals surface area contributed by atoms with Gasteiger partial charge in [0.05, 0.1) is 37.4 Å². The van der Waals surface area contributed by atoms with Gasteiger partial charge in [-0.05, 0) is 36.6 Å². The number of hydrogen-bond acceptors (Lipinski definition) is 8. The third kappa shape index (κ3) is 5.64. The van der Waals surface area contributed by atoms with E-state index in [0.717, 1.165) is 31.5 Å². The van der Waals surface area contributed by atoms with Crippen LogP contribution < -0.4 is 15.4 Å². The van der Waals surface area contributed by atoms with Crippen LogP contribution in [0.5, 0.6) is 5.75 Å². The summed E-state index contributed by atoms with van der Waals surface area (Å²) < 4.78 is 5.21. The van der Waals surface area contributed by atoms with Crippen molar-refractivity contribution in [3.8, 4) is 5.75 Å². The molecule has 0 spiro atoms. The Morgan fingerprint density at radius 3 is 2.76 bits per heavy atom. The summed E-state index contributed by atoms with van der Waals surface area (Å²) in [6.45, 7) is 2.05. The molecule has 34 heavy (non-hydrogen) atoms. The van der Waals surface area contributed by atoms with Crippen LogP contribution in [0.4, 0.5) is 0 Å². The Morgan fingerprint density at radius 2 is 2.09 bits per heavy atom. The molecule has 1 atom stereocenters. The molecule has 0 saturated carbocycles. The Morgan fingerprint density at radius 1 is 1.32 bits per heavy atom. The number of ether oxygens (including phenoxy) is 1. The quantitative estimate of drug-likeness (QED) is 0.515. The molecule has 0 bridgehead atoms. The Bertz CT molecular complexity index is 1060. The Kier molecular flexibility index (Phi) is 7.94. The molecule has 1 fully saturated rings. The van der Waals surface area contributed by atoms with E-state index in [4.69, 9.17) is 16.3 Å². The molecule has 0 radical (unpaired) electrons. The van der Waals surface area contributed by atoms with Crippen molar-refractivity contribution in [2.45, 2.75) is 32.1 Å². The summed E-state index contributed by atoms with van der Waals surface area (Å²) in [6.07, 6.45) is 6.71. The van der Waals surface area contributed by atoms with Gasteiger partial charge in [-0.25, -0.2) is 15.0 Å². The lowest BCUT2D eigenvalue weighted by atomic mass is 10.1. The zero-order chi connectivity index (χ0) is 23.9. The lowest BCUT2D eigenvalue weighted by Crippen LogP contribution is -2.59. The number of rotatable bonds is 8. The predicted octanol–water partition coefficient (Wildman–Crippen LogP) is 1.47. The molecular weight excluding hydrogens is 458 g/mol. The number of carbonyl (C=O) groups is 1. The maximum Gasteiger partial charge on any atom is 0.256 e.